The van der Waals surface area contributed by atoms with Gasteiger partial charge < -0.3 is 16.4 Å². The third kappa shape index (κ3) is 6.51. The Morgan fingerprint density at radius 2 is 2.10 bits per heavy atom. The van der Waals surface area contributed by atoms with Gasteiger partial charge in [0.25, 0.3) is 0 Å². The molecule has 0 saturated carbocycles. The van der Waals surface area contributed by atoms with Gasteiger partial charge in [-0.25, -0.2) is 4.79 Å². The first-order chi connectivity index (χ1) is 9.49. The molecular formula is C13H24N4O3. The summed E-state index contributed by atoms with van der Waals surface area (Å²) in [6, 6.07) is -0.875. The van der Waals surface area contributed by atoms with Crippen LogP contribution >= 0.6 is 0 Å². The summed E-state index contributed by atoms with van der Waals surface area (Å²) in [6.07, 6.45) is 2.82. The molecule has 0 aromatic rings. The third-order valence-electron chi connectivity index (χ3n) is 3.58. The van der Waals surface area contributed by atoms with Gasteiger partial charge in [0.05, 0.1) is 0 Å². The predicted octanol–water partition coefficient (Wildman–Crippen LogP) is -0.287. The zero-order chi connectivity index (χ0) is 15.0. The summed E-state index contributed by atoms with van der Waals surface area (Å²) >= 11 is 0. The number of nitrogens with two attached hydrogens (primary N) is 1. The van der Waals surface area contributed by atoms with Crippen molar-refractivity contribution in [2.45, 2.75) is 32.6 Å². The molecule has 1 aliphatic heterocycles. The van der Waals surface area contributed by atoms with Crippen LogP contribution in [-0.4, -0.2) is 37.5 Å². The van der Waals surface area contributed by atoms with Crippen LogP contribution in [0.5, 0.6) is 0 Å². The van der Waals surface area contributed by atoms with E-state index in [-0.39, 0.29) is 18.9 Å². The maximum atomic E-state index is 11.7. The van der Waals surface area contributed by atoms with Crippen molar-refractivity contribution < 1.29 is 14.4 Å². The second-order valence-electron chi connectivity index (χ2n) is 5.30. The molecule has 0 radical (unpaired) electrons. The summed E-state index contributed by atoms with van der Waals surface area (Å²) in [5.41, 5.74) is 4.81. The fourth-order valence-electron chi connectivity index (χ4n) is 2.41. The topological polar surface area (TPSA) is 113 Å². The smallest absolute Gasteiger partial charge is 0.318 e. The van der Waals surface area contributed by atoms with Gasteiger partial charge >= 0.3 is 6.03 Å². The van der Waals surface area contributed by atoms with Crippen LogP contribution in [0.15, 0.2) is 0 Å². The van der Waals surface area contributed by atoms with Crippen LogP contribution in [0.4, 0.5) is 4.79 Å². The lowest BCUT2D eigenvalue weighted by Gasteiger charge is -2.28. The number of hydrogen-bond donors (Lipinski definition) is 4. The highest BCUT2D eigenvalue weighted by Gasteiger charge is 2.21. The highest BCUT2D eigenvalue weighted by molar-refractivity contribution is 5.93. The zero-order valence-electron chi connectivity index (χ0n) is 11.9. The highest BCUT2D eigenvalue weighted by atomic mass is 16.2. The fourth-order valence-corrected chi connectivity index (χ4v) is 2.41. The Morgan fingerprint density at radius 3 is 2.70 bits per heavy atom. The van der Waals surface area contributed by atoms with Crippen molar-refractivity contribution in [3.8, 4) is 0 Å². The van der Waals surface area contributed by atoms with E-state index in [4.69, 9.17) is 5.73 Å². The molecule has 4 amide bonds. The minimum absolute atomic E-state index is 0.0496. The first-order valence-corrected chi connectivity index (χ1v) is 7.05. The Kier molecular flexibility index (Phi) is 7.00. The lowest BCUT2D eigenvalue weighted by atomic mass is 9.85. The number of urea groups is 1. The van der Waals surface area contributed by atoms with Crippen molar-refractivity contribution in [1.29, 1.82) is 0 Å². The second kappa shape index (κ2) is 8.52. The van der Waals surface area contributed by atoms with Crippen molar-refractivity contribution in [3.05, 3.63) is 0 Å². The molecule has 1 rings (SSSR count). The quantitative estimate of drug-likeness (QED) is 0.537. The van der Waals surface area contributed by atoms with Crippen molar-refractivity contribution in [2.24, 2.45) is 17.6 Å². The molecule has 0 bridgehead atoms. The van der Waals surface area contributed by atoms with E-state index in [1.807, 2.05) is 5.32 Å². The number of piperidine rings is 1. The van der Waals surface area contributed by atoms with E-state index in [0.29, 0.717) is 18.3 Å². The Balaban J connectivity index is 2.16. The number of carbonyl (C=O) groups is 3. The molecule has 2 unspecified atom stereocenters. The molecule has 20 heavy (non-hydrogen) atoms. The van der Waals surface area contributed by atoms with Gasteiger partial charge in [0.15, 0.2) is 0 Å². The fraction of sp³-hybridized carbons (Fsp3) is 0.769. The van der Waals surface area contributed by atoms with E-state index < -0.39 is 11.9 Å². The molecule has 1 aliphatic rings. The maximum absolute atomic E-state index is 11.7. The predicted molar refractivity (Wildman–Crippen MR) is 74.7 cm³/mol. The molecule has 1 heterocycles. The molecule has 0 aliphatic carbocycles. The molecule has 0 aromatic carbocycles. The van der Waals surface area contributed by atoms with Crippen LogP contribution in [0.1, 0.15) is 32.6 Å². The minimum atomic E-state index is -0.875. The SMILES string of the molecule is CC(CC(=O)NCCC(=O)NC(N)=O)C1CCCNC1. The normalized spacial score (nSPS) is 19.9. The molecule has 0 spiro atoms. The number of carbonyl (C=O) groups excluding carboxylic acids is 3. The van der Waals surface area contributed by atoms with Gasteiger partial charge in [-0.3, -0.25) is 14.9 Å². The summed E-state index contributed by atoms with van der Waals surface area (Å²) in [5, 5.41) is 7.97. The Morgan fingerprint density at radius 1 is 1.35 bits per heavy atom. The average molecular weight is 284 g/mol. The summed E-state index contributed by atoms with van der Waals surface area (Å²) in [4.78, 5) is 33.3. The largest absolute Gasteiger partial charge is 0.356 e. The average Bonchev–Trinajstić information content (AvgIpc) is 2.38. The molecule has 1 saturated heterocycles. The van der Waals surface area contributed by atoms with Crippen LogP contribution in [-0.2, 0) is 9.59 Å². The molecule has 5 N–H and O–H groups in total. The minimum Gasteiger partial charge on any atom is -0.356 e. The zero-order valence-corrected chi connectivity index (χ0v) is 11.9. The first-order valence-electron chi connectivity index (χ1n) is 7.05. The molecule has 0 aromatic heterocycles. The van der Waals surface area contributed by atoms with Gasteiger partial charge in [-0.1, -0.05) is 6.92 Å². The van der Waals surface area contributed by atoms with Gasteiger partial charge in [-0.05, 0) is 37.8 Å². The van der Waals surface area contributed by atoms with Gasteiger partial charge in [0, 0.05) is 19.4 Å². The number of imide groups is 1. The van der Waals surface area contributed by atoms with Crippen LogP contribution in [0, 0.1) is 11.8 Å². The van der Waals surface area contributed by atoms with Gasteiger partial charge in [-0.2, -0.15) is 0 Å². The molecule has 7 heteroatoms. The highest BCUT2D eigenvalue weighted by Crippen LogP contribution is 2.22. The summed E-state index contributed by atoms with van der Waals surface area (Å²) in [5.74, 6) is 0.312. The van der Waals surface area contributed by atoms with Gasteiger partial charge in [0.2, 0.25) is 11.8 Å². The maximum Gasteiger partial charge on any atom is 0.318 e. The third-order valence-corrected chi connectivity index (χ3v) is 3.58. The molecule has 114 valence electrons. The van der Waals surface area contributed by atoms with Crippen molar-refractivity contribution in [1.82, 2.24) is 16.0 Å². The summed E-state index contributed by atoms with van der Waals surface area (Å²) in [7, 11) is 0. The summed E-state index contributed by atoms with van der Waals surface area (Å²) < 4.78 is 0. The number of primary amides is 1. The number of amides is 4. The number of hydrogen-bond acceptors (Lipinski definition) is 4. The number of rotatable bonds is 6. The standard InChI is InChI=1S/C13H24N4O3/c1-9(10-3-2-5-15-8-10)7-12(19)16-6-4-11(18)17-13(14)20/h9-10,15H,2-8H2,1H3,(H,16,19)(H3,14,17,18,20). The molecule has 7 nitrogen and oxygen atoms in total. The van der Waals surface area contributed by atoms with E-state index in [9.17, 15) is 14.4 Å². The second-order valence-corrected chi connectivity index (χ2v) is 5.30. The molecular weight excluding hydrogens is 260 g/mol. The van der Waals surface area contributed by atoms with Crippen LogP contribution < -0.4 is 21.7 Å². The Bertz CT molecular complexity index is 354. The van der Waals surface area contributed by atoms with E-state index in [1.54, 1.807) is 0 Å². The van der Waals surface area contributed by atoms with Gasteiger partial charge in [0.1, 0.15) is 0 Å². The number of nitrogens with one attached hydrogen (secondary N) is 3. The van der Waals surface area contributed by atoms with E-state index in [2.05, 4.69) is 17.6 Å². The van der Waals surface area contributed by atoms with Crippen molar-refractivity contribution in [3.63, 3.8) is 0 Å². The van der Waals surface area contributed by atoms with Crippen molar-refractivity contribution >= 4 is 17.8 Å². The van der Waals surface area contributed by atoms with Crippen LogP contribution in [0.2, 0.25) is 0 Å². The first kappa shape index (κ1) is 16.4. The van der Waals surface area contributed by atoms with Crippen molar-refractivity contribution in [2.75, 3.05) is 19.6 Å². The Labute approximate surface area is 119 Å². The van der Waals surface area contributed by atoms with E-state index in [1.165, 1.54) is 0 Å². The monoisotopic (exact) mass is 284 g/mol. The Hall–Kier alpha value is -1.63. The summed E-state index contributed by atoms with van der Waals surface area (Å²) in [6.45, 7) is 4.32. The van der Waals surface area contributed by atoms with E-state index in [0.717, 1.165) is 25.9 Å². The van der Waals surface area contributed by atoms with Gasteiger partial charge in [-0.15, -0.1) is 0 Å². The molecule has 2 atom stereocenters. The molecule has 1 fully saturated rings. The van der Waals surface area contributed by atoms with Crippen LogP contribution in [0.25, 0.3) is 0 Å². The van der Waals surface area contributed by atoms with E-state index >= 15 is 0 Å². The van der Waals surface area contributed by atoms with Crippen LogP contribution in [0.3, 0.4) is 0 Å². The lowest BCUT2D eigenvalue weighted by Crippen LogP contribution is -2.38. The lowest BCUT2D eigenvalue weighted by molar-refractivity contribution is -0.122.